The Morgan fingerprint density at radius 3 is 2.60 bits per heavy atom. The standard InChI is InChI=1S/C15H24N2O3/c1-17(10-14(18)11-20-2)15(19)13(9-16)8-12-6-4-3-5-7-12/h3-7,13-14,18H,8-11,16H2,1-2H3. The molecule has 5 heteroatoms. The van der Waals surface area contributed by atoms with Gasteiger partial charge in [0.25, 0.3) is 0 Å². The van der Waals surface area contributed by atoms with E-state index in [0.29, 0.717) is 13.0 Å². The molecule has 3 N–H and O–H groups in total. The summed E-state index contributed by atoms with van der Waals surface area (Å²) in [7, 11) is 3.19. The molecule has 0 radical (unpaired) electrons. The fourth-order valence-corrected chi connectivity index (χ4v) is 2.13. The molecule has 2 unspecified atom stereocenters. The van der Waals surface area contributed by atoms with Gasteiger partial charge in [-0.1, -0.05) is 30.3 Å². The van der Waals surface area contributed by atoms with Crippen molar-refractivity contribution in [2.45, 2.75) is 12.5 Å². The highest BCUT2D eigenvalue weighted by Gasteiger charge is 2.22. The number of aliphatic hydroxyl groups excluding tert-OH is 1. The van der Waals surface area contributed by atoms with Gasteiger partial charge in [-0.2, -0.15) is 0 Å². The molecule has 1 amide bonds. The summed E-state index contributed by atoms with van der Waals surface area (Å²) in [4.78, 5) is 13.8. The molecule has 1 aromatic rings. The molecule has 0 fully saturated rings. The molecule has 0 saturated carbocycles. The second-order valence-corrected chi connectivity index (χ2v) is 4.95. The lowest BCUT2D eigenvalue weighted by Gasteiger charge is -2.25. The number of aliphatic hydroxyl groups is 1. The normalized spacial score (nSPS) is 13.8. The molecule has 5 nitrogen and oxygen atoms in total. The highest BCUT2D eigenvalue weighted by molar-refractivity contribution is 5.79. The van der Waals surface area contributed by atoms with Crippen LogP contribution in [-0.4, -0.2) is 55.9 Å². The molecule has 112 valence electrons. The maximum absolute atomic E-state index is 12.3. The highest BCUT2D eigenvalue weighted by atomic mass is 16.5. The van der Waals surface area contributed by atoms with Crippen LogP contribution < -0.4 is 5.73 Å². The molecule has 1 rings (SSSR count). The van der Waals surface area contributed by atoms with Crippen LogP contribution in [0.15, 0.2) is 30.3 Å². The SMILES string of the molecule is COCC(O)CN(C)C(=O)C(CN)Cc1ccccc1. The molecular weight excluding hydrogens is 256 g/mol. The second-order valence-electron chi connectivity index (χ2n) is 4.95. The molecule has 0 bridgehead atoms. The van der Waals surface area contributed by atoms with E-state index in [-0.39, 0.29) is 25.0 Å². The molecule has 0 saturated heterocycles. The summed E-state index contributed by atoms with van der Waals surface area (Å²) in [5.41, 5.74) is 6.80. The van der Waals surface area contributed by atoms with E-state index < -0.39 is 6.10 Å². The van der Waals surface area contributed by atoms with Crippen molar-refractivity contribution in [1.29, 1.82) is 0 Å². The Bertz CT molecular complexity index is 397. The van der Waals surface area contributed by atoms with Crippen LogP contribution >= 0.6 is 0 Å². The summed E-state index contributed by atoms with van der Waals surface area (Å²) in [6.07, 6.45) is -0.0648. The Kier molecular flexibility index (Phi) is 7.22. The van der Waals surface area contributed by atoms with Crippen molar-refractivity contribution in [3.63, 3.8) is 0 Å². The van der Waals surface area contributed by atoms with Crippen LogP contribution in [0.3, 0.4) is 0 Å². The molecular formula is C15H24N2O3. The summed E-state index contributed by atoms with van der Waals surface area (Å²) in [5.74, 6) is -0.316. The zero-order chi connectivity index (χ0) is 15.0. The van der Waals surface area contributed by atoms with Gasteiger partial charge in [-0.05, 0) is 12.0 Å². The van der Waals surface area contributed by atoms with Gasteiger partial charge in [0.05, 0.1) is 18.6 Å². The highest BCUT2D eigenvalue weighted by Crippen LogP contribution is 2.10. The van der Waals surface area contributed by atoms with Gasteiger partial charge in [0, 0.05) is 27.2 Å². The Balaban J connectivity index is 2.57. The number of carbonyl (C=O) groups excluding carboxylic acids is 1. The Hall–Kier alpha value is -1.43. The Labute approximate surface area is 120 Å². The Morgan fingerprint density at radius 2 is 2.05 bits per heavy atom. The van der Waals surface area contributed by atoms with E-state index in [2.05, 4.69) is 0 Å². The molecule has 0 spiro atoms. The smallest absolute Gasteiger partial charge is 0.227 e. The summed E-state index contributed by atoms with van der Waals surface area (Å²) in [6.45, 7) is 0.750. The van der Waals surface area contributed by atoms with Gasteiger partial charge >= 0.3 is 0 Å². The van der Waals surface area contributed by atoms with Gasteiger partial charge in [-0.3, -0.25) is 4.79 Å². The lowest BCUT2D eigenvalue weighted by atomic mass is 9.98. The lowest BCUT2D eigenvalue weighted by molar-refractivity contribution is -0.135. The lowest BCUT2D eigenvalue weighted by Crippen LogP contribution is -2.42. The molecule has 2 atom stereocenters. The summed E-state index contributed by atoms with van der Waals surface area (Å²) >= 11 is 0. The second kappa shape index (κ2) is 8.68. The minimum absolute atomic E-state index is 0.0495. The van der Waals surface area contributed by atoms with E-state index in [4.69, 9.17) is 10.5 Å². The van der Waals surface area contributed by atoms with Crippen LogP contribution in [0.5, 0.6) is 0 Å². The van der Waals surface area contributed by atoms with Crippen molar-refractivity contribution in [3.8, 4) is 0 Å². The van der Waals surface area contributed by atoms with Crippen molar-refractivity contribution in [3.05, 3.63) is 35.9 Å². The summed E-state index contributed by atoms with van der Waals surface area (Å²) in [6, 6.07) is 9.79. The third-order valence-corrected chi connectivity index (χ3v) is 3.18. The van der Waals surface area contributed by atoms with Crippen LogP contribution in [0.25, 0.3) is 0 Å². The predicted molar refractivity (Wildman–Crippen MR) is 78.2 cm³/mol. The zero-order valence-electron chi connectivity index (χ0n) is 12.2. The molecule has 20 heavy (non-hydrogen) atoms. The van der Waals surface area contributed by atoms with E-state index in [0.717, 1.165) is 5.56 Å². The number of hydrogen-bond donors (Lipinski definition) is 2. The average Bonchev–Trinajstić information content (AvgIpc) is 2.45. The van der Waals surface area contributed by atoms with Gasteiger partial charge < -0.3 is 20.5 Å². The third kappa shape index (κ3) is 5.28. The van der Waals surface area contributed by atoms with Crippen molar-refractivity contribution >= 4 is 5.91 Å². The van der Waals surface area contributed by atoms with Crippen molar-refractivity contribution in [1.82, 2.24) is 4.90 Å². The zero-order valence-corrected chi connectivity index (χ0v) is 12.2. The number of nitrogens with two attached hydrogens (primary N) is 1. The first-order chi connectivity index (χ1) is 9.58. The molecule has 0 aliphatic heterocycles. The van der Waals surface area contributed by atoms with Crippen LogP contribution in [0.2, 0.25) is 0 Å². The van der Waals surface area contributed by atoms with Crippen LogP contribution in [0, 0.1) is 5.92 Å². The van der Waals surface area contributed by atoms with Gasteiger partial charge in [0.1, 0.15) is 0 Å². The summed E-state index contributed by atoms with van der Waals surface area (Å²) < 4.78 is 4.85. The van der Waals surface area contributed by atoms with Crippen LogP contribution in [0.1, 0.15) is 5.56 Å². The van der Waals surface area contributed by atoms with E-state index in [1.807, 2.05) is 30.3 Å². The fraction of sp³-hybridized carbons (Fsp3) is 0.533. The predicted octanol–water partition coefficient (Wildman–Crippen LogP) is 0.270. The van der Waals surface area contributed by atoms with Crippen LogP contribution in [-0.2, 0) is 16.0 Å². The Morgan fingerprint density at radius 1 is 1.40 bits per heavy atom. The first-order valence-electron chi connectivity index (χ1n) is 6.74. The summed E-state index contributed by atoms with van der Waals surface area (Å²) in [5, 5.41) is 9.66. The average molecular weight is 280 g/mol. The monoisotopic (exact) mass is 280 g/mol. The third-order valence-electron chi connectivity index (χ3n) is 3.18. The van der Waals surface area contributed by atoms with Gasteiger partial charge in [-0.25, -0.2) is 0 Å². The molecule has 0 aliphatic rings. The van der Waals surface area contributed by atoms with Crippen molar-refractivity contribution in [2.75, 3.05) is 33.9 Å². The number of likely N-dealkylation sites (N-methyl/N-ethyl adjacent to an activating group) is 1. The number of carbonyl (C=O) groups is 1. The van der Waals surface area contributed by atoms with Crippen molar-refractivity contribution < 1.29 is 14.6 Å². The molecule has 0 heterocycles. The number of methoxy groups -OCH3 is 1. The number of hydrogen-bond acceptors (Lipinski definition) is 4. The molecule has 0 aliphatic carbocycles. The topological polar surface area (TPSA) is 75.8 Å². The van der Waals surface area contributed by atoms with Crippen molar-refractivity contribution in [2.24, 2.45) is 11.7 Å². The number of rotatable bonds is 8. The van der Waals surface area contributed by atoms with Gasteiger partial charge in [0.15, 0.2) is 0 Å². The number of amides is 1. The minimum atomic E-state index is -0.677. The number of benzene rings is 1. The largest absolute Gasteiger partial charge is 0.389 e. The van der Waals surface area contributed by atoms with E-state index in [9.17, 15) is 9.90 Å². The van der Waals surface area contributed by atoms with Crippen LogP contribution in [0.4, 0.5) is 0 Å². The maximum Gasteiger partial charge on any atom is 0.227 e. The van der Waals surface area contributed by atoms with E-state index in [1.165, 1.54) is 12.0 Å². The fourth-order valence-electron chi connectivity index (χ4n) is 2.13. The van der Waals surface area contributed by atoms with E-state index in [1.54, 1.807) is 7.05 Å². The van der Waals surface area contributed by atoms with E-state index >= 15 is 0 Å². The molecule has 1 aromatic carbocycles. The quantitative estimate of drug-likeness (QED) is 0.717. The maximum atomic E-state index is 12.3. The first-order valence-corrected chi connectivity index (χ1v) is 6.74. The number of ether oxygens (including phenoxy) is 1. The number of nitrogens with zero attached hydrogens (tertiary/aromatic N) is 1. The van der Waals surface area contributed by atoms with Gasteiger partial charge in [-0.15, -0.1) is 0 Å². The minimum Gasteiger partial charge on any atom is -0.389 e. The molecule has 0 aromatic heterocycles. The first kappa shape index (κ1) is 16.6. The van der Waals surface area contributed by atoms with Gasteiger partial charge in [0.2, 0.25) is 5.91 Å².